The third-order valence-electron chi connectivity index (χ3n) is 4.04. The Hall–Kier alpha value is -3.52. The number of nitrogens with one attached hydrogen (secondary N) is 1. The van der Waals surface area contributed by atoms with Crippen LogP contribution in [-0.2, 0) is 16.6 Å². The van der Waals surface area contributed by atoms with Gasteiger partial charge < -0.3 is 0 Å². The zero-order valence-corrected chi connectivity index (χ0v) is 16.6. The number of hydrogen-bond donors (Lipinski definition) is 1. The average Bonchev–Trinajstić information content (AvgIpc) is 2.73. The molecule has 0 bridgehead atoms. The molecule has 3 aromatic rings. The number of hydrazone groups is 1. The predicted molar refractivity (Wildman–Crippen MR) is 113 cm³/mol. The highest BCUT2D eigenvalue weighted by molar-refractivity contribution is 7.92. The van der Waals surface area contributed by atoms with Gasteiger partial charge in [0.2, 0.25) is 10.0 Å². The molecule has 3 rings (SSSR count). The van der Waals surface area contributed by atoms with Gasteiger partial charge >= 0.3 is 0 Å². The molecule has 0 aliphatic heterocycles. The van der Waals surface area contributed by atoms with Crippen LogP contribution in [0.15, 0.2) is 84.1 Å². The van der Waals surface area contributed by atoms with E-state index in [1.54, 1.807) is 48.7 Å². The molecule has 0 fully saturated rings. The van der Waals surface area contributed by atoms with Crippen molar-refractivity contribution in [2.75, 3.05) is 10.6 Å². The Morgan fingerprint density at radius 2 is 1.72 bits per heavy atom. The monoisotopic (exact) mass is 408 g/mol. The number of carbonyl (C=O) groups is 1. The Balaban J connectivity index is 1.87. The average molecular weight is 408 g/mol. The summed E-state index contributed by atoms with van der Waals surface area (Å²) in [6.45, 7) is 0.112. The maximum absolute atomic E-state index is 12.7. The first-order valence-electron chi connectivity index (χ1n) is 8.80. The molecule has 1 aromatic heterocycles. The number of pyridine rings is 1. The molecule has 29 heavy (non-hydrogen) atoms. The van der Waals surface area contributed by atoms with Crippen LogP contribution in [0.5, 0.6) is 0 Å². The molecule has 0 unspecified atom stereocenters. The number of aromatic nitrogens is 1. The maximum atomic E-state index is 12.7. The SMILES string of the molecule is CS(=O)(=O)N(Cc1ccccc1)c1ccccc1C(=O)N/N=C/c1ccccn1. The first-order valence-corrected chi connectivity index (χ1v) is 10.6. The second kappa shape index (κ2) is 9.11. The summed E-state index contributed by atoms with van der Waals surface area (Å²) >= 11 is 0. The molecule has 0 aliphatic carbocycles. The minimum atomic E-state index is -3.63. The number of para-hydroxylation sites is 1. The summed E-state index contributed by atoms with van der Waals surface area (Å²) in [5.74, 6) is -0.519. The molecule has 0 aliphatic rings. The fourth-order valence-electron chi connectivity index (χ4n) is 2.68. The second-order valence-corrected chi connectivity index (χ2v) is 8.13. The molecule has 8 heteroatoms. The Bertz CT molecular complexity index is 1100. The number of anilines is 1. The van der Waals surface area contributed by atoms with E-state index >= 15 is 0 Å². The molecular formula is C21H20N4O3S. The second-order valence-electron chi connectivity index (χ2n) is 6.23. The van der Waals surface area contributed by atoms with Crippen molar-refractivity contribution in [3.8, 4) is 0 Å². The molecule has 148 valence electrons. The molecule has 1 N–H and O–H groups in total. The molecule has 0 atom stereocenters. The van der Waals surface area contributed by atoms with Gasteiger partial charge in [0.1, 0.15) is 0 Å². The van der Waals surface area contributed by atoms with Crippen LogP contribution >= 0.6 is 0 Å². The lowest BCUT2D eigenvalue weighted by Gasteiger charge is -2.24. The van der Waals surface area contributed by atoms with Gasteiger partial charge in [-0.2, -0.15) is 5.10 Å². The van der Waals surface area contributed by atoms with Crippen molar-refractivity contribution >= 4 is 27.8 Å². The Morgan fingerprint density at radius 3 is 2.41 bits per heavy atom. The van der Waals surface area contributed by atoms with Crippen LogP contribution in [-0.4, -0.2) is 31.8 Å². The lowest BCUT2D eigenvalue weighted by Crippen LogP contribution is -2.32. The summed E-state index contributed by atoms with van der Waals surface area (Å²) < 4.78 is 26.1. The van der Waals surface area contributed by atoms with Gasteiger partial charge in [-0.3, -0.25) is 14.1 Å². The van der Waals surface area contributed by atoms with E-state index in [9.17, 15) is 13.2 Å². The molecule has 0 saturated carbocycles. The van der Waals surface area contributed by atoms with Crippen LogP contribution in [0.25, 0.3) is 0 Å². The van der Waals surface area contributed by atoms with E-state index in [-0.39, 0.29) is 17.8 Å². The van der Waals surface area contributed by atoms with E-state index in [1.807, 2.05) is 30.3 Å². The molecule has 2 aromatic carbocycles. The highest BCUT2D eigenvalue weighted by atomic mass is 32.2. The summed E-state index contributed by atoms with van der Waals surface area (Å²) in [6, 6.07) is 21.0. The fourth-order valence-corrected chi connectivity index (χ4v) is 3.58. The number of amides is 1. The van der Waals surface area contributed by atoms with E-state index in [4.69, 9.17) is 0 Å². The normalized spacial score (nSPS) is 11.3. The van der Waals surface area contributed by atoms with Crippen LogP contribution in [0.1, 0.15) is 21.6 Å². The van der Waals surface area contributed by atoms with Crippen LogP contribution < -0.4 is 9.73 Å². The van der Waals surface area contributed by atoms with Gasteiger partial charge in [0.25, 0.3) is 5.91 Å². The lowest BCUT2D eigenvalue weighted by molar-refractivity contribution is 0.0956. The van der Waals surface area contributed by atoms with Crippen molar-refractivity contribution in [1.29, 1.82) is 0 Å². The third kappa shape index (κ3) is 5.49. The van der Waals surface area contributed by atoms with Crippen molar-refractivity contribution in [3.63, 3.8) is 0 Å². The minimum Gasteiger partial charge on any atom is -0.267 e. The third-order valence-corrected chi connectivity index (χ3v) is 5.16. The summed E-state index contributed by atoms with van der Waals surface area (Å²) in [5.41, 5.74) is 4.30. The Labute approximate surface area is 169 Å². The van der Waals surface area contributed by atoms with Crippen LogP contribution in [0.3, 0.4) is 0 Å². The van der Waals surface area contributed by atoms with Crippen molar-refractivity contribution in [1.82, 2.24) is 10.4 Å². The molecule has 0 spiro atoms. The molecule has 7 nitrogen and oxygen atoms in total. The lowest BCUT2D eigenvalue weighted by atomic mass is 10.1. The summed E-state index contributed by atoms with van der Waals surface area (Å²) in [4.78, 5) is 16.8. The van der Waals surface area contributed by atoms with Gasteiger partial charge in [-0.15, -0.1) is 0 Å². The van der Waals surface area contributed by atoms with E-state index < -0.39 is 15.9 Å². The van der Waals surface area contributed by atoms with Crippen molar-refractivity contribution in [2.45, 2.75) is 6.54 Å². The molecule has 1 amide bonds. The molecule has 1 heterocycles. The van der Waals surface area contributed by atoms with E-state index in [0.29, 0.717) is 5.69 Å². The molecular weight excluding hydrogens is 388 g/mol. The van der Waals surface area contributed by atoms with Gasteiger partial charge in [0.15, 0.2) is 0 Å². The highest BCUT2D eigenvalue weighted by Gasteiger charge is 2.23. The largest absolute Gasteiger partial charge is 0.273 e. The van der Waals surface area contributed by atoms with E-state index in [0.717, 1.165) is 11.8 Å². The maximum Gasteiger partial charge on any atom is 0.273 e. The number of hydrogen-bond acceptors (Lipinski definition) is 5. The number of nitrogens with zero attached hydrogens (tertiary/aromatic N) is 3. The zero-order chi connectivity index (χ0) is 20.7. The summed E-state index contributed by atoms with van der Waals surface area (Å²) in [6.07, 6.45) is 4.15. The minimum absolute atomic E-state index is 0.112. The Morgan fingerprint density at radius 1 is 1.03 bits per heavy atom. The van der Waals surface area contributed by atoms with Crippen LogP contribution in [0.4, 0.5) is 5.69 Å². The summed E-state index contributed by atoms with van der Waals surface area (Å²) in [5, 5.41) is 3.91. The number of sulfonamides is 1. The van der Waals surface area contributed by atoms with E-state index in [2.05, 4.69) is 15.5 Å². The molecule has 0 radical (unpaired) electrons. The topological polar surface area (TPSA) is 91.7 Å². The van der Waals surface area contributed by atoms with Crippen molar-refractivity contribution in [3.05, 3.63) is 95.8 Å². The standard InChI is InChI=1S/C21H20N4O3S/c1-29(27,28)25(16-17-9-3-2-4-10-17)20-13-6-5-12-19(20)21(26)24-23-15-18-11-7-8-14-22-18/h2-15H,16H2,1H3,(H,24,26)/b23-15+. The Kier molecular flexibility index (Phi) is 6.36. The quantitative estimate of drug-likeness (QED) is 0.481. The molecule has 0 saturated heterocycles. The van der Waals surface area contributed by atoms with Crippen molar-refractivity contribution < 1.29 is 13.2 Å². The first kappa shape index (κ1) is 20.2. The van der Waals surface area contributed by atoms with Gasteiger partial charge in [0.05, 0.1) is 36.0 Å². The zero-order valence-electron chi connectivity index (χ0n) is 15.8. The van der Waals surface area contributed by atoms with Crippen molar-refractivity contribution in [2.24, 2.45) is 5.10 Å². The van der Waals surface area contributed by atoms with Gasteiger partial charge in [-0.1, -0.05) is 48.5 Å². The van der Waals surface area contributed by atoms with Crippen LogP contribution in [0.2, 0.25) is 0 Å². The number of carbonyl (C=O) groups excluding carboxylic acids is 1. The van der Waals surface area contributed by atoms with E-state index in [1.165, 1.54) is 10.5 Å². The number of benzene rings is 2. The smallest absolute Gasteiger partial charge is 0.267 e. The van der Waals surface area contributed by atoms with Gasteiger partial charge in [0, 0.05) is 6.20 Å². The first-order chi connectivity index (χ1) is 13.9. The predicted octanol–water partition coefficient (Wildman–Crippen LogP) is 2.81. The van der Waals surface area contributed by atoms with Crippen LogP contribution in [0, 0.1) is 0 Å². The summed E-state index contributed by atoms with van der Waals surface area (Å²) in [7, 11) is -3.63. The number of rotatable bonds is 7. The fraction of sp³-hybridized carbons (Fsp3) is 0.0952. The van der Waals surface area contributed by atoms with Gasteiger partial charge in [-0.05, 0) is 29.8 Å². The highest BCUT2D eigenvalue weighted by Crippen LogP contribution is 2.25. The van der Waals surface area contributed by atoms with Gasteiger partial charge in [-0.25, -0.2) is 13.8 Å².